The van der Waals surface area contributed by atoms with Crippen LogP contribution in [0.4, 0.5) is 0 Å². The predicted octanol–water partition coefficient (Wildman–Crippen LogP) is 3.12. The van der Waals surface area contributed by atoms with Crippen molar-refractivity contribution < 1.29 is 5.11 Å². The van der Waals surface area contributed by atoms with E-state index in [0.717, 1.165) is 25.9 Å². The number of aliphatic hydroxyl groups is 1. The molecule has 0 aliphatic heterocycles. The molecule has 0 heterocycles. The molecule has 1 aromatic rings. The van der Waals surface area contributed by atoms with E-state index in [-0.39, 0.29) is 0 Å². The third-order valence-electron chi connectivity index (χ3n) is 3.92. The minimum atomic E-state index is -0.447. The topological polar surface area (TPSA) is 23.5 Å². The number of hydrogen-bond donors (Lipinski definition) is 1. The highest BCUT2D eigenvalue weighted by Crippen LogP contribution is 2.28. The summed E-state index contributed by atoms with van der Waals surface area (Å²) in [5.41, 5.74) is 2.17. The molecular weight excluding hydrogens is 222 g/mol. The van der Waals surface area contributed by atoms with E-state index >= 15 is 0 Å². The Morgan fingerprint density at radius 1 is 1.11 bits per heavy atom. The van der Waals surface area contributed by atoms with E-state index in [0.29, 0.717) is 0 Å². The molecule has 2 nitrogen and oxygen atoms in total. The molecule has 1 N–H and O–H groups in total. The number of hydrogen-bond acceptors (Lipinski definition) is 2. The van der Waals surface area contributed by atoms with E-state index in [1.54, 1.807) is 0 Å². The molecule has 0 unspecified atom stereocenters. The monoisotopic (exact) mass is 247 g/mol. The second-order valence-electron chi connectivity index (χ2n) is 5.94. The lowest BCUT2D eigenvalue weighted by Crippen LogP contribution is -2.42. The largest absolute Gasteiger partial charge is 0.389 e. The number of likely N-dealkylation sites (N-methyl/N-ethyl adjacent to an activating group) is 1. The van der Waals surface area contributed by atoms with Crippen LogP contribution in [0.15, 0.2) is 24.3 Å². The molecule has 1 aliphatic rings. The highest BCUT2D eigenvalue weighted by atomic mass is 16.3. The molecule has 0 saturated heterocycles. The van der Waals surface area contributed by atoms with Gasteiger partial charge in [0.1, 0.15) is 0 Å². The zero-order valence-corrected chi connectivity index (χ0v) is 11.7. The first-order chi connectivity index (χ1) is 8.57. The van der Waals surface area contributed by atoms with Crippen molar-refractivity contribution in [1.29, 1.82) is 0 Å². The molecule has 0 spiro atoms. The zero-order chi connectivity index (χ0) is 13.0. The molecule has 100 valence electrons. The Morgan fingerprint density at radius 3 is 2.33 bits per heavy atom. The van der Waals surface area contributed by atoms with Crippen LogP contribution >= 0.6 is 0 Å². The summed E-state index contributed by atoms with van der Waals surface area (Å²) in [7, 11) is 2.10. The molecule has 1 fully saturated rings. The van der Waals surface area contributed by atoms with Crippen LogP contribution in [0, 0.1) is 6.92 Å². The Kier molecular flexibility index (Phi) is 4.41. The highest BCUT2D eigenvalue weighted by Gasteiger charge is 2.30. The highest BCUT2D eigenvalue weighted by molar-refractivity contribution is 5.21. The molecule has 0 amide bonds. The number of aryl methyl sites for hydroxylation is 1. The first-order valence-corrected chi connectivity index (χ1v) is 7.04. The fourth-order valence-electron chi connectivity index (χ4n) is 2.93. The van der Waals surface area contributed by atoms with Gasteiger partial charge in [0.05, 0.1) is 5.60 Å². The van der Waals surface area contributed by atoms with Crippen LogP contribution < -0.4 is 0 Å². The number of nitrogens with zero attached hydrogens (tertiary/aromatic N) is 1. The van der Waals surface area contributed by atoms with E-state index in [1.165, 1.54) is 30.4 Å². The Balaban J connectivity index is 1.87. The predicted molar refractivity (Wildman–Crippen MR) is 75.5 cm³/mol. The third kappa shape index (κ3) is 3.82. The summed E-state index contributed by atoms with van der Waals surface area (Å²) in [6, 6.07) is 8.66. The van der Waals surface area contributed by atoms with Crippen molar-refractivity contribution in [1.82, 2.24) is 4.90 Å². The van der Waals surface area contributed by atoms with Crippen LogP contribution in [0.25, 0.3) is 0 Å². The Labute approximate surface area is 111 Å². The second-order valence-corrected chi connectivity index (χ2v) is 5.94. The van der Waals surface area contributed by atoms with Gasteiger partial charge in [-0.05, 0) is 32.4 Å². The molecule has 0 bridgehead atoms. The van der Waals surface area contributed by atoms with Crippen molar-refractivity contribution in [2.45, 2.75) is 51.2 Å². The van der Waals surface area contributed by atoms with Gasteiger partial charge >= 0.3 is 0 Å². The fourth-order valence-corrected chi connectivity index (χ4v) is 2.93. The van der Waals surface area contributed by atoms with Crippen molar-refractivity contribution >= 4 is 0 Å². The summed E-state index contributed by atoms with van der Waals surface area (Å²) in [4.78, 5) is 2.25. The Hall–Kier alpha value is -0.860. The van der Waals surface area contributed by atoms with Crippen molar-refractivity contribution in [3.8, 4) is 0 Å². The first-order valence-electron chi connectivity index (χ1n) is 7.04. The standard InChI is InChI=1S/C16H25NO/c1-14-6-8-15(9-7-14)12-17(2)13-16(18)10-4-3-5-11-16/h6-9,18H,3-5,10-13H2,1-2H3. The van der Waals surface area contributed by atoms with E-state index in [4.69, 9.17) is 0 Å². The van der Waals surface area contributed by atoms with E-state index in [2.05, 4.69) is 43.1 Å². The summed E-state index contributed by atoms with van der Waals surface area (Å²) < 4.78 is 0. The van der Waals surface area contributed by atoms with Gasteiger partial charge in [-0.2, -0.15) is 0 Å². The van der Waals surface area contributed by atoms with E-state index < -0.39 is 5.60 Å². The van der Waals surface area contributed by atoms with Crippen LogP contribution in [0.2, 0.25) is 0 Å². The molecule has 18 heavy (non-hydrogen) atoms. The maximum atomic E-state index is 10.5. The Bertz CT molecular complexity index is 365. The molecule has 2 heteroatoms. The van der Waals surface area contributed by atoms with Crippen LogP contribution in [-0.2, 0) is 6.54 Å². The second kappa shape index (κ2) is 5.85. The van der Waals surface area contributed by atoms with Crippen LogP contribution in [0.5, 0.6) is 0 Å². The molecule has 2 rings (SSSR count). The van der Waals surface area contributed by atoms with Gasteiger partial charge in [0, 0.05) is 13.1 Å². The lowest BCUT2D eigenvalue weighted by molar-refractivity contribution is -0.0223. The summed E-state index contributed by atoms with van der Waals surface area (Å²) in [6.07, 6.45) is 5.56. The van der Waals surface area contributed by atoms with E-state index in [1.807, 2.05) is 0 Å². The average molecular weight is 247 g/mol. The van der Waals surface area contributed by atoms with Crippen LogP contribution in [0.1, 0.15) is 43.2 Å². The van der Waals surface area contributed by atoms with Gasteiger partial charge in [-0.25, -0.2) is 0 Å². The van der Waals surface area contributed by atoms with E-state index in [9.17, 15) is 5.11 Å². The van der Waals surface area contributed by atoms with Gasteiger partial charge in [-0.3, -0.25) is 4.90 Å². The normalized spacial score (nSPS) is 19.1. The van der Waals surface area contributed by atoms with Crippen LogP contribution in [-0.4, -0.2) is 29.2 Å². The quantitative estimate of drug-likeness (QED) is 0.883. The van der Waals surface area contributed by atoms with Crippen molar-refractivity contribution in [2.24, 2.45) is 0 Å². The van der Waals surface area contributed by atoms with Crippen molar-refractivity contribution in [3.63, 3.8) is 0 Å². The van der Waals surface area contributed by atoms with Gasteiger partial charge in [0.2, 0.25) is 0 Å². The summed E-state index contributed by atoms with van der Waals surface area (Å²) in [5, 5.41) is 10.5. The smallest absolute Gasteiger partial charge is 0.0774 e. The summed E-state index contributed by atoms with van der Waals surface area (Å²) in [6.45, 7) is 3.82. The first kappa shape index (κ1) is 13.6. The fraction of sp³-hybridized carbons (Fsp3) is 0.625. The van der Waals surface area contributed by atoms with Gasteiger partial charge in [-0.15, -0.1) is 0 Å². The Morgan fingerprint density at radius 2 is 1.72 bits per heavy atom. The molecule has 1 aliphatic carbocycles. The number of benzene rings is 1. The maximum absolute atomic E-state index is 10.5. The van der Waals surface area contributed by atoms with Gasteiger partial charge < -0.3 is 5.11 Å². The molecule has 0 aromatic heterocycles. The number of rotatable bonds is 4. The maximum Gasteiger partial charge on any atom is 0.0774 e. The minimum Gasteiger partial charge on any atom is -0.389 e. The summed E-state index contributed by atoms with van der Waals surface area (Å²) >= 11 is 0. The molecular formula is C16H25NO. The van der Waals surface area contributed by atoms with Gasteiger partial charge in [0.25, 0.3) is 0 Å². The lowest BCUT2D eigenvalue weighted by Gasteiger charge is -2.35. The zero-order valence-electron chi connectivity index (χ0n) is 11.7. The van der Waals surface area contributed by atoms with Crippen LogP contribution in [0.3, 0.4) is 0 Å². The lowest BCUT2D eigenvalue weighted by atomic mass is 9.84. The van der Waals surface area contributed by atoms with Gasteiger partial charge in [-0.1, -0.05) is 49.1 Å². The SMILES string of the molecule is Cc1ccc(CN(C)CC2(O)CCCCC2)cc1. The molecule has 1 saturated carbocycles. The van der Waals surface area contributed by atoms with Gasteiger partial charge in [0.15, 0.2) is 0 Å². The van der Waals surface area contributed by atoms with Crippen molar-refractivity contribution in [3.05, 3.63) is 35.4 Å². The molecule has 0 atom stereocenters. The summed E-state index contributed by atoms with van der Waals surface area (Å²) in [5.74, 6) is 0. The molecule has 1 aromatic carbocycles. The van der Waals surface area contributed by atoms with Crippen molar-refractivity contribution in [2.75, 3.05) is 13.6 Å². The average Bonchev–Trinajstić information content (AvgIpc) is 2.32. The third-order valence-corrected chi connectivity index (χ3v) is 3.92. The molecule has 0 radical (unpaired) electrons. The minimum absolute atomic E-state index is 0.447.